The van der Waals surface area contributed by atoms with Crippen LogP contribution in [0.5, 0.6) is 0 Å². The van der Waals surface area contributed by atoms with Crippen molar-refractivity contribution in [2.75, 3.05) is 0 Å². The standard InChI is InChI=1S/C49H31N5.Pt/c1-31-22-24-39-41(29-31)51-48-40(27-26-35(46(39)48)32-13-4-2-5-14-32)49-52-47-36(18-12-20-43(47)53(49)34-15-6-3-7-16-34)33-23-25-38-37-17-8-9-19-42(37)54(44(38)30-33)45-21-10-11-28-50-45;/h2-29H,1H3;/q-2;+2. The minimum Gasteiger partial charge on any atom is -0.656 e. The summed E-state index contributed by atoms with van der Waals surface area (Å²) in [6, 6.07) is 61.3. The first-order chi connectivity index (χ1) is 26.7. The van der Waals surface area contributed by atoms with Gasteiger partial charge in [0.25, 0.3) is 0 Å². The zero-order valence-corrected chi connectivity index (χ0v) is 32.0. The molecule has 7 aromatic carbocycles. The number of hydrogen-bond donors (Lipinski definition) is 0. The van der Waals surface area contributed by atoms with Crippen LogP contribution in [0.4, 0.5) is 0 Å². The Labute approximate surface area is 331 Å². The van der Waals surface area contributed by atoms with Crippen LogP contribution >= 0.6 is 0 Å². The van der Waals surface area contributed by atoms with E-state index in [0.717, 1.165) is 94.4 Å². The minimum atomic E-state index is 0. The fraction of sp³-hybridized carbons (Fsp3) is 0.0204. The summed E-state index contributed by atoms with van der Waals surface area (Å²) in [5, 5.41) is 4.59. The van der Waals surface area contributed by atoms with E-state index in [9.17, 15) is 0 Å². The minimum absolute atomic E-state index is 0. The van der Waals surface area contributed by atoms with Crippen LogP contribution in [-0.4, -0.2) is 19.1 Å². The monoisotopic (exact) mass is 884 g/mol. The van der Waals surface area contributed by atoms with Gasteiger partial charge >= 0.3 is 21.1 Å². The molecule has 0 spiro atoms. The molecule has 0 saturated carbocycles. The molecule has 0 atom stereocenters. The predicted octanol–water partition coefficient (Wildman–Crippen LogP) is 11.9. The largest absolute Gasteiger partial charge is 2.00 e. The Hall–Kier alpha value is -6.55. The van der Waals surface area contributed by atoms with E-state index in [1.807, 2.05) is 24.4 Å². The van der Waals surface area contributed by atoms with Gasteiger partial charge in [0.1, 0.15) is 11.6 Å². The summed E-state index contributed by atoms with van der Waals surface area (Å²) in [5.41, 5.74) is 13.4. The molecule has 0 saturated heterocycles. The number of hydrogen-bond acceptors (Lipinski definition) is 2. The summed E-state index contributed by atoms with van der Waals surface area (Å²) in [5.74, 6) is 1.70. The molecule has 4 heterocycles. The topological polar surface area (TPSA) is 49.7 Å². The molecule has 0 aliphatic rings. The van der Waals surface area contributed by atoms with Gasteiger partial charge < -0.3 is 9.55 Å². The molecular formula is C49H31N5Pt. The summed E-state index contributed by atoms with van der Waals surface area (Å²) >= 11 is 0. The number of fused-ring (bicyclic) bond motifs is 7. The van der Waals surface area contributed by atoms with Crippen LogP contribution in [0.3, 0.4) is 0 Å². The summed E-state index contributed by atoms with van der Waals surface area (Å²) in [6.07, 6.45) is 1.84. The summed E-state index contributed by atoms with van der Waals surface area (Å²) in [6.45, 7) is 2.12. The third kappa shape index (κ3) is 5.19. The molecule has 0 N–H and O–H groups in total. The van der Waals surface area contributed by atoms with E-state index < -0.39 is 0 Å². The van der Waals surface area contributed by atoms with Crippen LogP contribution in [0.1, 0.15) is 5.56 Å². The van der Waals surface area contributed by atoms with Gasteiger partial charge in [0.15, 0.2) is 0 Å². The van der Waals surface area contributed by atoms with Crippen molar-refractivity contribution in [2.24, 2.45) is 0 Å². The Morgan fingerprint density at radius 2 is 1.33 bits per heavy atom. The fourth-order valence-corrected chi connectivity index (χ4v) is 8.19. The van der Waals surface area contributed by atoms with Crippen molar-refractivity contribution in [3.63, 3.8) is 0 Å². The van der Waals surface area contributed by atoms with Crippen molar-refractivity contribution in [1.82, 2.24) is 24.1 Å². The van der Waals surface area contributed by atoms with Crippen molar-refractivity contribution in [3.8, 4) is 45.1 Å². The van der Waals surface area contributed by atoms with Gasteiger partial charge in [0.05, 0.1) is 11.0 Å². The van der Waals surface area contributed by atoms with Crippen molar-refractivity contribution in [3.05, 3.63) is 182 Å². The van der Waals surface area contributed by atoms with E-state index in [1.54, 1.807) is 0 Å². The van der Waals surface area contributed by atoms with E-state index in [2.05, 4.69) is 168 Å². The number of para-hydroxylation sites is 3. The maximum absolute atomic E-state index is 5.56. The first kappa shape index (κ1) is 33.0. The van der Waals surface area contributed by atoms with Gasteiger partial charge in [-0.05, 0) is 76.1 Å². The molecule has 55 heavy (non-hydrogen) atoms. The van der Waals surface area contributed by atoms with Crippen molar-refractivity contribution < 1.29 is 21.1 Å². The maximum atomic E-state index is 5.56. The van der Waals surface area contributed by atoms with E-state index >= 15 is 0 Å². The number of imidazole rings is 1. The number of benzene rings is 7. The molecule has 4 aromatic heterocycles. The Morgan fingerprint density at radius 1 is 0.582 bits per heavy atom. The molecule has 6 heteroatoms. The Balaban J connectivity index is 0.00000372. The first-order valence-corrected chi connectivity index (χ1v) is 18.2. The second-order valence-electron chi connectivity index (χ2n) is 13.8. The normalized spacial score (nSPS) is 11.6. The Kier molecular flexibility index (Phi) is 7.86. The number of aryl methyl sites for hydroxylation is 1. The third-order valence-electron chi connectivity index (χ3n) is 10.6. The quantitative estimate of drug-likeness (QED) is 0.162. The van der Waals surface area contributed by atoms with E-state index in [4.69, 9.17) is 15.0 Å². The Bertz CT molecular complexity index is 3210. The predicted molar refractivity (Wildman–Crippen MR) is 221 cm³/mol. The molecule has 262 valence electrons. The molecule has 11 aromatic rings. The summed E-state index contributed by atoms with van der Waals surface area (Å²) in [4.78, 5) is 15.7. The van der Waals surface area contributed by atoms with Crippen LogP contribution in [0.2, 0.25) is 0 Å². The van der Waals surface area contributed by atoms with Crippen LogP contribution in [-0.2, 0) is 21.1 Å². The molecule has 5 nitrogen and oxygen atoms in total. The van der Waals surface area contributed by atoms with Crippen LogP contribution in [0.15, 0.2) is 170 Å². The summed E-state index contributed by atoms with van der Waals surface area (Å²) in [7, 11) is 0. The molecular weight excluding hydrogens is 854 g/mol. The first-order valence-electron chi connectivity index (χ1n) is 18.2. The van der Waals surface area contributed by atoms with Crippen LogP contribution in [0.25, 0.3) is 99.8 Å². The van der Waals surface area contributed by atoms with Gasteiger partial charge in [0, 0.05) is 23.0 Å². The fourth-order valence-electron chi connectivity index (χ4n) is 8.19. The van der Waals surface area contributed by atoms with E-state index in [0.29, 0.717) is 0 Å². The molecule has 0 fully saturated rings. The molecule has 0 bridgehead atoms. The summed E-state index contributed by atoms with van der Waals surface area (Å²) < 4.78 is 4.49. The second kappa shape index (κ2) is 13.1. The maximum Gasteiger partial charge on any atom is 2.00 e. The molecule has 0 aliphatic carbocycles. The van der Waals surface area contributed by atoms with Gasteiger partial charge in [-0.15, -0.1) is 34.8 Å². The second-order valence-corrected chi connectivity index (χ2v) is 13.8. The van der Waals surface area contributed by atoms with Crippen LogP contribution in [0, 0.1) is 13.0 Å². The zero-order valence-electron chi connectivity index (χ0n) is 29.7. The zero-order chi connectivity index (χ0) is 35.8. The van der Waals surface area contributed by atoms with Crippen molar-refractivity contribution in [2.45, 2.75) is 6.92 Å². The van der Waals surface area contributed by atoms with Gasteiger partial charge in [0.2, 0.25) is 0 Å². The molecule has 11 rings (SSSR count). The van der Waals surface area contributed by atoms with E-state index in [-0.39, 0.29) is 21.1 Å². The molecule has 0 radical (unpaired) electrons. The average molecular weight is 885 g/mol. The van der Waals surface area contributed by atoms with Crippen molar-refractivity contribution in [1.29, 1.82) is 0 Å². The van der Waals surface area contributed by atoms with Gasteiger partial charge in [-0.25, -0.2) is 9.97 Å². The number of pyridine rings is 1. The SMILES string of the molecule is Cc1ccc2c(c1)[n-]c1c(-c3nc4c(-c5[c-]c6c(cc5)c5ccccc5n6-c5ccccn5)cccc4n3-c3ccccc3)ccc(-c3ccccc3)c12.[Pt+2]. The molecule has 0 amide bonds. The van der Waals surface area contributed by atoms with Gasteiger partial charge in [-0.1, -0.05) is 132 Å². The smallest absolute Gasteiger partial charge is 0.656 e. The number of nitrogens with zero attached hydrogens (tertiary/aromatic N) is 5. The third-order valence-corrected chi connectivity index (χ3v) is 10.6. The van der Waals surface area contributed by atoms with Crippen molar-refractivity contribution >= 4 is 54.6 Å². The van der Waals surface area contributed by atoms with E-state index in [1.165, 1.54) is 10.9 Å². The average Bonchev–Trinajstić information content (AvgIpc) is 3.91. The van der Waals surface area contributed by atoms with Gasteiger partial charge in [-0.3, -0.25) is 4.57 Å². The number of rotatable bonds is 5. The molecule has 0 unspecified atom stereocenters. The number of aromatic nitrogens is 5. The Morgan fingerprint density at radius 3 is 2.16 bits per heavy atom. The molecule has 0 aliphatic heterocycles. The van der Waals surface area contributed by atoms with Crippen LogP contribution < -0.4 is 4.98 Å². The van der Waals surface area contributed by atoms with Gasteiger partial charge in [-0.2, -0.15) is 0 Å².